The first-order chi connectivity index (χ1) is 13.8. The molecule has 1 aromatic heterocycles. The summed E-state index contributed by atoms with van der Waals surface area (Å²) in [5.41, 5.74) is -1.42. The third-order valence-electron chi connectivity index (χ3n) is 5.93. The van der Waals surface area contributed by atoms with Gasteiger partial charge in [0.25, 0.3) is 0 Å². The quantitative estimate of drug-likeness (QED) is 0.507. The van der Waals surface area contributed by atoms with E-state index in [4.69, 9.17) is 4.99 Å². The zero-order valence-corrected chi connectivity index (χ0v) is 16.6. The Kier molecular flexibility index (Phi) is 4.24. The predicted molar refractivity (Wildman–Crippen MR) is 101 cm³/mol. The minimum atomic E-state index is -4.49. The van der Waals surface area contributed by atoms with Gasteiger partial charge in [0, 0.05) is 11.0 Å². The van der Waals surface area contributed by atoms with Gasteiger partial charge in [0.2, 0.25) is 5.82 Å². The van der Waals surface area contributed by atoms with E-state index >= 15 is 0 Å². The maximum absolute atomic E-state index is 13.9. The van der Waals surface area contributed by atoms with Crippen LogP contribution in [0.5, 0.6) is 0 Å². The lowest BCUT2D eigenvalue weighted by Gasteiger charge is -2.44. The first-order valence-electron chi connectivity index (χ1n) is 9.14. The van der Waals surface area contributed by atoms with Crippen molar-refractivity contribution in [2.75, 3.05) is 0 Å². The first kappa shape index (κ1) is 20.3. The Balaban J connectivity index is 1.96. The average Bonchev–Trinajstić information content (AvgIpc) is 2.67. The molecule has 1 aliphatic heterocycles. The number of aliphatic imine (C=N–C) groups is 1. The summed E-state index contributed by atoms with van der Waals surface area (Å²) in [4.78, 5) is 8.97. The fraction of sp³-hybridized carbons (Fsp3) is 0.333. The van der Waals surface area contributed by atoms with Crippen molar-refractivity contribution >= 4 is 16.7 Å². The van der Waals surface area contributed by atoms with E-state index in [0.29, 0.717) is 11.1 Å². The Morgan fingerprint density at radius 1 is 0.900 bits per heavy atom. The number of aromatic nitrogens is 3. The van der Waals surface area contributed by atoms with Crippen molar-refractivity contribution in [1.29, 1.82) is 0 Å². The molecule has 1 aliphatic rings. The van der Waals surface area contributed by atoms with E-state index in [2.05, 4.69) is 15.2 Å². The van der Waals surface area contributed by atoms with Gasteiger partial charge in [-0.3, -0.25) is 4.99 Å². The van der Waals surface area contributed by atoms with Gasteiger partial charge in [0.1, 0.15) is 5.71 Å². The number of nitrogens with zero attached hydrogens (tertiary/aromatic N) is 4. The summed E-state index contributed by atoms with van der Waals surface area (Å²) in [6, 6.07) is 5.63. The number of rotatable bonds is 1. The number of fused-ring (bicyclic) bond motifs is 2. The predicted octanol–water partition coefficient (Wildman–Crippen LogP) is 5.23. The second-order valence-electron chi connectivity index (χ2n) is 8.27. The first-order valence-corrected chi connectivity index (χ1v) is 9.14. The molecule has 2 heterocycles. The lowest BCUT2D eigenvalue weighted by Crippen LogP contribution is -2.46. The Morgan fingerprint density at radius 3 is 2.27 bits per heavy atom. The van der Waals surface area contributed by atoms with Crippen molar-refractivity contribution in [1.82, 2.24) is 15.2 Å². The number of hydrogen-bond donors (Lipinski definition) is 0. The SMILES string of the molecule is CC1(C)N=C(c2nnc3c(F)c(F)ccc3n2)c2ccc(C(F)(F)F)cc2C1(C)C. The van der Waals surface area contributed by atoms with Crippen LogP contribution in [0.2, 0.25) is 0 Å². The molecule has 0 saturated heterocycles. The molecule has 4 rings (SSSR count). The third-order valence-corrected chi connectivity index (χ3v) is 5.93. The summed E-state index contributed by atoms with van der Waals surface area (Å²) in [5.74, 6) is -2.21. The molecule has 9 heteroatoms. The van der Waals surface area contributed by atoms with Crippen LogP contribution in [0.4, 0.5) is 22.0 Å². The summed E-state index contributed by atoms with van der Waals surface area (Å²) >= 11 is 0. The molecular formula is C21H17F5N4. The number of halogens is 5. The van der Waals surface area contributed by atoms with Gasteiger partial charge in [-0.05, 0) is 43.7 Å². The highest BCUT2D eigenvalue weighted by molar-refractivity contribution is 6.13. The Bertz CT molecular complexity index is 1210. The third kappa shape index (κ3) is 2.95. The number of alkyl halides is 3. The summed E-state index contributed by atoms with van der Waals surface area (Å²) < 4.78 is 67.4. The van der Waals surface area contributed by atoms with Crippen LogP contribution < -0.4 is 0 Å². The van der Waals surface area contributed by atoms with Crippen molar-refractivity contribution in [2.45, 2.75) is 44.8 Å². The van der Waals surface area contributed by atoms with E-state index in [1.54, 1.807) is 13.8 Å². The minimum Gasteiger partial charge on any atom is -0.274 e. The fourth-order valence-corrected chi connectivity index (χ4v) is 3.47. The van der Waals surface area contributed by atoms with E-state index in [0.717, 1.165) is 18.2 Å². The van der Waals surface area contributed by atoms with Gasteiger partial charge in [-0.1, -0.05) is 19.9 Å². The van der Waals surface area contributed by atoms with E-state index in [1.165, 1.54) is 12.1 Å². The lowest BCUT2D eigenvalue weighted by atomic mass is 9.66. The Morgan fingerprint density at radius 2 is 1.60 bits per heavy atom. The average molecular weight is 420 g/mol. The van der Waals surface area contributed by atoms with E-state index in [1.807, 2.05) is 13.8 Å². The zero-order chi connectivity index (χ0) is 22.1. The highest BCUT2D eigenvalue weighted by Gasteiger charge is 2.45. The molecule has 3 aromatic rings. The zero-order valence-electron chi connectivity index (χ0n) is 16.6. The summed E-state index contributed by atoms with van der Waals surface area (Å²) in [6.07, 6.45) is -4.49. The van der Waals surface area contributed by atoms with Gasteiger partial charge >= 0.3 is 6.18 Å². The molecule has 0 amide bonds. The van der Waals surface area contributed by atoms with Gasteiger partial charge in [-0.2, -0.15) is 13.2 Å². The molecule has 2 aromatic carbocycles. The van der Waals surface area contributed by atoms with Gasteiger partial charge < -0.3 is 0 Å². The van der Waals surface area contributed by atoms with Crippen LogP contribution in [0.15, 0.2) is 35.3 Å². The summed E-state index contributed by atoms with van der Waals surface area (Å²) in [7, 11) is 0. The highest BCUT2D eigenvalue weighted by atomic mass is 19.4. The van der Waals surface area contributed by atoms with Crippen molar-refractivity contribution in [2.24, 2.45) is 4.99 Å². The van der Waals surface area contributed by atoms with Crippen LogP contribution >= 0.6 is 0 Å². The molecule has 4 nitrogen and oxygen atoms in total. The van der Waals surface area contributed by atoms with Gasteiger partial charge in [0.15, 0.2) is 17.2 Å². The van der Waals surface area contributed by atoms with Crippen LogP contribution in [-0.2, 0) is 11.6 Å². The molecule has 0 atom stereocenters. The Labute approximate surface area is 168 Å². The van der Waals surface area contributed by atoms with E-state index < -0.39 is 34.3 Å². The molecule has 0 N–H and O–H groups in total. The molecule has 30 heavy (non-hydrogen) atoms. The largest absolute Gasteiger partial charge is 0.416 e. The van der Waals surface area contributed by atoms with Crippen molar-refractivity contribution in [3.8, 4) is 0 Å². The second kappa shape index (κ2) is 6.26. The van der Waals surface area contributed by atoms with Gasteiger partial charge in [-0.15, -0.1) is 10.2 Å². The van der Waals surface area contributed by atoms with Gasteiger partial charge in [0.05, 0.1) is 16.6 Å². The molecular weight excluding hydrogens is 403 g/mol. The molecule has 0 saturated carbocycles. The Hall–Kier alpha value is -2.97. The summed E-state index contributed by atoms with van der Waals surface area (Å²) in [5, 5.41) is 7.64. The standard InChI is InChI=1S/C21H17F5N4/c1-19(2)12-9-10(21(24,25)26)5-6-11(12)16(28-20(19,3)4)18-27-14-8-7-13(22)15(23)17(14)29-30-18/h5-9H,1-4H3. The van der Waals surface area contributed by atoms with Crippen LogP contribution in [-0.4, -0.2) is 26.4 Å². The number of benzene rings is 2. The lowest BCUT2D eigenvalue weighted by molar-refractivity contribution is -0.137. The molecule has 0 bridgehead atoms. The topological polar surface area (TPSA) is 51.0 Å². The molecule has 0 spiro atoms. The van der Waals surface area contributed by atoms with Crippen LogP contribution in [0.25, 0.3) is 11.0 Å². The fourth-order valence-electron chi connectivity index (χ4n) is 3.47. The van der Waals surface area contributed by atoms with Gasteiger partial charge in [-0.25, -0.2) is 13.8 Å². The van der Waals surface area contributed by atoms with E-state index in [-0.39, 0.29) is 22.6 Å². The van der Waals surface area contributed by atoms with Crippen LogP contribution in [0.1, 0.15) is 50.2 Å². The van der Waals surface area contributed by atoms with Crippen LogP contribution in [0.3, 0.4) is 0 Å². The maximum Gasteiger partial charge on any atom is 0.416 e. The molecule has 156 valence electrons. The highest BCUT2D eigenvalue weighted by Crippen LogP contribution is 2.45. The monoisotopic (exact) mass is 420 g/mol. The van der Waals surface area contributed by atoms with Crippen molar-refractivity contribution < 1.29 is 22.0 Å². The molecule has 0 fully saturated rings. The molecule has 0 radical (unpaired) electrons. The summed E-state index contributed by atoms with van der Waals surface area (Å²) in [6.45, 7) is 7.26. The molecule has 0 aliphatic carbocycles. The maximum atomic E-state index is 13.9. The normalized spacial score (nSPS) is 17.6. The molecule has 0 unspecified atom stereocenters. The van der Waals surface area contributed by atoms with Crippen molar-refractivity contribution in [3.05, 3.63) is 64.5 Å². The van der Waals surface area contributed by atoms with Crippen molar-refractivity contribution in [3.63, 3.8) is 0 Å². The minimum absolute atomic E-state index is 0.0260. The van der Waals surface area contributed by atoms with E-state index in [9.17, 15) is 22.0 Å². The van der Waals surface area contributed by atoms with Crippen LogP contribution in [0, 0.1) is 11.6 Å². The second-order valence-corrected chi connectivity index (χ2v) is 8.27. The number of hydrogen-bond acceptors (Lipinski definition) is 4. The smallest absolute Gasteiger partial charge is 0.274 e.